The predicted octanol–water partition coefficient (Wildman–Crippen LogP) is 4.19. The summed E-state index contributed by atoms with van der Waals surface area (Å²) in [7, 11) is 3.14. The van der Waals surface area contributed by atoms with Crippen molar-refractivity contribution in [2.24, 2.45) is 0 Å². The van der Waals surface area contributed by atoms with Crippen molar-refractivity contribution in [2.45, 2.75) is 13.5 Å². The quantitative estimate of drug-likeness (QED) is 0.750. The highest BCUT2D eigenvalue weighted by Gasteiger charge is 2.17. The number of benzene rings is 1. The lowest BCUT2D eigenvalue weighted by atomic mass is 10.1. The lowest BCUT2D eigenvalue weighted by Crippen LogP contribution is -2.30. The summed E-state index contributed by atoms with van der Waals surface area (Å²) in [6.07, 6.45) is 0. The molecule has 0 aliphatic rings. The summed E-state index contributed by atoms with van der Waals surface area (Å²) in [6, 6.07) is 9.25. The lowest BCUT2D eigenvalue weighted by Gasteiger charge is -2.20. The van der Waals surface area contributed by atoms with Crippen molar-refractivity contribution in [3.63, 3.8) is 0 Å². The van der Waals surface area contributed by atoms with Gasteiger partial charge in [0.1, 0.15) is 0 Å². The van der Waals surface area contributed by atoms with Crippen molar-refractivity contribution in [3.8, 4) is 11.5 Å². The molecule has 0 bridgehead atoms. The molecule has 4 nitrogen and oxygen atoms in total. The molecule has 0 radical (unpaired) electrons. The predicted molar refractivity (Wildman–Crippen MR) is 92.0 cm³/mol. The molecule has 118 valence electrons. The Bertz CT molecular complexity index is 657. The Hall–Kier alpha value is -1.53. The van der Waals surface area contributed by atoms with Gasteiger partial charge >= 0.3 is 0 Å². The van der Waals surface area contributed by atoms with E-state index in [1.165, 1.54) is 0 Å². The molecule has 0 saturated heterocycles. The lowest BCUT2D eigenvalue weighted by molar-refractivity contribution is 0.0754. The Kier molecular flexibility index (Phi) is 5.85. The summed E-state index contributed by atoms with van der Waals surface area (Å²) in [4.78, 5) is 15.6. The van der Waals surface area contributed by atoms with E-state index in [1.807, 2.05) is 19.1 Å². The Balaban J connectivity index is 2.20. The first-order valence-electron chi connectivity index (χ1n) is 6.84. The summed E-state index contributed by atoms with van der Waals surface area (Å²) in [5, 5.41) is 0. The SMILES string of the molecule is CCN(Cc1ccc(Br)s1)C(=O)c1ccc(OC)c(OC)c1. The van der Waals surface area contributed by atoms with E-state index in [0.717, 1.165) is 8.66 Å². The van der Waals surface area contributed by atoms with Gasteiger partial charge < -0.3 is 14.4 Å². The Labute approximate surface area is 142 Å². The molecule has 22 heavy (non-hydrogen) atoms. The number of hydrogen-bond acceptors (Lipinski definition) is 4. The van der Waals surface area contributed by atoms with Crippen LogP contribution in [0.15, 0.2) is 34.1 Å². The number of nitrogens with zero attached hydrogens (tertiary/aromatic N) is 1. The van der Waals surface area contributed by atoms with Crippen LogP contribution >= 0.6 is 27.3 Å². The molecule has 0 atom stereocenters. The van der Waals surface area contributed by atoms with Crippen molar-refractivity contribution >= 4 is 33.2 Å². The second-order valence-corrected chi connectivity index (χ2v) is 7.14. The second kappa shape index (κ2) is 7.65. The maximum atomic E-state index is 12.7. The molecule has 0 saturated carbocycles. The first-order valence-corrected chi connectivity index (χ1v) is 8.45. The number of carbonyl (C=O) groups is 1. The van der Waals surface area contributed by atoms with Crippen LogP contribution in [0.2, 0.25) is 0 Å². The third-order valence-corrected chi connectivity index (χ3v) is 4.88. The van der Waals surface area contributed by atoms with E-state index in [0.29, 0.717) is 30.2 Å². The van der Waals surface area contributed by atoms with Gasteiger partial charge in [-0.2, -0.15) is 0 Å². The van der Waals surface area contributed by atoms with Gasteiger partial charge in [0.05, 0.1) is 24.6 Å². The molecule has 1 heterocycles. The highest BCUT2D eigenvalue weighted by molar-refractivity contribution is 9.11. The van der Waals surface area contributed by atoms with E-state index in [-0.39, 0.29) is 5.91 Å². The highest BCUT2D eigenvalue weighted by atomic mass is 79.9. The van der Waals surface area contributed by atoms with Gasteiger partial charge in [0.15, 0.2) is 11.5 Å². The van der Waals surface area contributed by atoms with Crippen LogP contribution in [-0.2, 0) is 6.54 Å². The molecule has 0 fully saturated rings. The summed E-state index contributed by atoms with van der Waals surface area (Å²) in [5.74, 6) is 1.15. The minimum Gasteiger partial charge on any atom is -0.493 e. The zero-order valence-corrected chi connectivity index (χ0v) is 15.2. The van der Waals surface area contributed by atoms with Gasteiger partial charge in [-0.3, -0.25) is 4.79 Å². The fraction of sp³-hybridized carbons (Fsp3) is 0.312. The van der Waals surface area contributed by atoms with Crippen molar-refractivity contribution in [2.75, 3.05) is 20.8 Å². The molecular weight excluding hydrogens is 366 g/mol. The van der Waals surface area contributed by atoms with Gasteiger partial charge in [-0.15, -0.1) is 11.3 Å². The van der Waals surface area contributed by atoms with Gasteiger partial charge in [0.2, 0.25) is 0 Å². The van der Waals surface area contributed by atoms with Crippen LogP contribution in [0.5, 0.6) is 11.5 Å². The summed E-state index contributed by atoms with van der Waals surface area (Å²) in [5.41, 5.74) is 0.593. The number of methoxy groups -OCH3 is 2. The minimum absolute atomic E-state index is 0.0204. The maximum Gasteiger partial charge on any atom is 0.254 e. The third kappa shape index (κ3) is 3.81. The molecule has 0 aliphatic heterocycles. The molecule has 1 aromatic heterocycles. The number of halogens is 1. The summed E-state index contributed by atoms with van der Waals surface area (Å²) < 4.78 is 11.5. The van der Waals surface area contributed by atoms with Gasteiger partial charge in [-0.05, 0) is 53.2 Å². The normalized spacial score (nSPS) is 10.4. The first kappa shape index (κ1) is 16.8. The number of hydrogen-bond donors (Lipinski definition) is 0. The molecule has 1 amide bonds. The van der Waals surface area contributed by atoms with Crippen LogP contribution in [0, 0.1) is 0 Å². The standard InChI is InChI=1S/C16H18BrNO3S/c1-4-18(10-12-6-8-15(17)22-12)16(19)11-5-7-13(20-2)14(9-11)21-3/h5-9H,4,10H2,1-3H3. The minimum atomic E-state index is -0.0204. The van der Waals surface area contributed by atoms with Crippen molar-refractivity contribution < 1.29 is 14.3 Å². The number of amides is 1. The van der Waals surface area contributed by atoms with Crippen LogP contribution in [0.4, 0.5) is 0 Å². The van der Waals surface area contributed by atoms with E-state index in [4.69, 9.17) is 9.47 Å². The van der Waals surface area contributed by atoms with E-state index in [1.54, 1.807) is 48.7 Å². The van der Waals surface area contributed by atoms with E-state index >= 15 is 0 Å². The van der Waals surface area contributed by atoms with Crippen LogP contribution in [-0.4, -0.2) is 31.6 Å². The molecular formula is C16H18BrNO3S. The molecule has 1 aromatic carbocycles. The average Bonchev–Trinajstić information content (AvgIpc) is 2.96. The molecule has 6 heteroatoms. The van der Waals surface area contributed by atoms with Crippen molar-refractivity contribution in [1.29, 1.82) is 0 Å². The Morgan fingerprint density at radius 1 is 1.18 bits per heavy atom. The van der Waals surface area contributed by atoms with Crippen LogP contribution in [0.1, 0.15) is 22.2 Å². The molecule has 0 aliphatic carbocycles. The van der Waals surface area contributed by atoms with Gasteiger partial charge in [0.25, 0.3) is 5.91 Å². The molecule has 0 N–H and O–H groups in total. The van der Waals surface area contributed by atoms with Crippen molar-refractivity contribution in [3.05, 3.63) is 44.6 Å². The summed E-state index contributed by atoms with van der Waals surface area (Å²) in [6.45, 7) is 3.21. The number of thiophene rings is 1. The Morgan fingerprint density at radius 2 is 1.91 bits per heavy atom. The monoisotopic (exact) mass is 383 g/mol. The van der Waals surface area contributed by atoms with Crippen LogP contribution in [0.3, 0.4) is 0 Å². The smallest absolute Gasteiger partial charge is 0.254 e. The van der Waals surface area contributed by atoms with E-state index in [2.05, 4.69) is 15.9 Å². The number of rotatable bonds is 6. The van der Waals surface area contributed by atoms with Crippen LogP contribution in [0.25, 0.3) is 0 Å². The average molecular weight is 384 g/mol. The van der Waals surface area contributed by atoms with Gasteiger partial charge in [-0.1, -0.05) is 0 Å². The van der Waals surface area contributed by atoms with Gasteiger partial charge in [0, 0.05) is 17.0 Å². The molecule has 2 rings (SSSR count). The number of ether oxygens (including phenoxy) is 2. The third-order valence-electron chi connectivity index (χ3n) is 3.27. The van der Waals surface area contributed by atoms with Gasteiger partial charge in [-0.25, -0.2) is 0 Å². The zero-order valence-electron chi connectivity index (χ0n) is 12.8. The van der Waals surface area contributed by atoms with Crippen LogP contribution < -0.4 is 9.47 Å². The first-order chi connectivity index (χ1) is 10.6. The molecule has 0 spiro atoms. The highest BCUT2D eigenvalue weighted by Crippen LogP contribution is 2.29. The molecule has 2 aromatic rings. The fourth-order valence-corrected chi connectivity index (χ4v) is 3.60. The Morgan fingerprint density at radius 3 is 2.45 bits per heavy atom. The maximum absolute atomic E-state index is 12.7. The molecule has 0 unspecified atom stereocenters. The fourth-order valence-electron chi connectivity index (χ4n) is 2.10. The van der Waals surface area contributed by atoms with E-state index < -0.39 is 0 Å². The zero-order chi connectivity index (χ0) is 16.1. The van der Waals surface area contributed by atoms with E-state index in [9.17, 15) is 4.79 Å². The second-order valence-electron chi connectivity index (χ2n) is 4.59. The largest absolute Gasteiger partial charge is 0.493 e. The summed E-state index contributed by atoms with van der Waals surface area (Å²) >= 11 is 5.08. The van der Waals surface area contributed by atoms with Crippen molar-refractivity contribution in [1.82, 2.24) is 4.90 Å². The number of carbonyl (C=O) groups excluding carboxylic acids is 1. The topological polar surface area (TPSA) is 38.8 Å².